The Morgan fingerprint density at radius 3 is 1.59 bits per heavy atom. The van der Waals surface area contributed by atoms with E-state index in [9.17, 15) is 0 Å². The van der Waals surface area contributed by atoms with Gasteiger partial charge in [-0.05, 0) is 19.4 Å². The van der Waals surface area contributed by atoms with Gasteiger partial charge in [0.25, 0.3) is 0 Å². The number of unbranched alkanes of at least 4 members (excludes halogenated alkanes) is 14. The summed E-state index contributed by atoms with van der Waals surface area (Å²) in [7, 11) is 0. The first-order chi connectivity index (χ1) is 13.1. The smallest absolute Gasteiger partial charge is 0.189 e. The molecule has 1 atom stereocenters. The lowest BCUT2D eigenvalue weighted by atomic mass is 9.80. The SMILES string of the molecule is C=C1NC=C(C(C)(CC)CCCCCCCCCCCCCCCCC)O1. The first kappa shape index (κ1) is 24.1. The van der Waals surface area contributed by atoms with Gasteiger partial charge in [0.05, 0.1) is 0 Å². The zero-order valence-electron chi connectivity index (χ0n) is 18.7. The van der Waals surface area contributed by atoms with E-state index >= 15 is 0 Å². The van der Waals surface area contributed by atoms with Crippen LogP contribution in [0.25, 0.3) is 0 Å². The lowest BCUT2D eigenvalue weighted by Crippen LogP contribution is -2.18. The van der Waals surface area contributed by atoms with Gasteiger partial charge in [0.15, 0.2) is 5.88 Å². The Hall–Kier alpha value is -0.920. The van der Waals surface area contributed by atoms with Gasteiger partial charge in [-0.1, -0.05) is 117 Å². The molecule has 0 saturated carbocycles. The Morgan fingerprint density at radius 2 is 1.22 bits per heavy atom. The second-order valence-electron chi connectivity index (χ2n) is 8.79. The standard InChI is InChI=1S/C25H47NO/c1-5-7-8-9-10-11-12-13-14-15-16-17-18-19-20-21-25(4,6-2)24-22-26-23(3)27-24/h22,26H,3,5-21H2,1-2,4H3. The highest BCUT2D eigenvalue weighted by Gasteiger charge is 2.31. The maximum atomic E-state index is 5.75. The number of rotatable bonds is 18. The molecule has 0 saturated heterocycles. The molecular formula is C25H47NO. The second-order valence-corrected chi connectivity index (χ2v) is 8.79. The van der Waals surface area contributed by atoms with E-state index in [0.29, 0.717) is 5.88 Å². The molecular weight excluding hydrogens is 330 g/mol. The molecule has 1 aliphatic rings. The summed E-state index contributed by atoms with van der Waals surface area (Å²) >= 11 is 0. The minimum absolute atomic E-state index is 0.156. The van der Waals surface area contributed by atoms with Gasteiger partial charge < -0.3 is 10.1 Å². The highest BCUT2D eigenvalue weighted by molar-refractivity contribution is 5.15. The predicted octanol–water partition coefficient (Wildman–Crippen LogP) is 8.60. The fourth-order valence-electron chi connectivity index (χ4n) is 4.00. The third-order valence-corrected chi connectivity index (χ3v) is 6.30. The second kappa shape index (κ2) is 15.1. The molecule has 2 heteroatoms. The van der Waals surface area contributed by atoms with Crippen LogP contribution in [0.4, 0.5) is 0 Å². The van der Waals surface area contributed by atoms with Crippen molar-refractivity contribution in [3.63, 3.8) is 0 Å². The first-order valence-electron chi connectivity index (χ1n) is 12.0. The van der Waals surface area contributed by atoms with Gasteiger partial charge in [-0.2, -0.15) is 0 Å². The van der Waals surface area contributed by atoms with Crippen molar-refractivity contribution in [1.82, 2.24) is 5.32 Å². The molecule has 0 fully saturated rings. The summed E-state index contributed by atoms with van der Waals surface area (Å²) in [5.74, 6) is 1.74. The van der Waals surface area contributed by atoms with E-state index in [1.807, 2.05) is 6.20 Å². The molecule has 0 aromatic heterocycles. The summed E-state index contributed by atoms with van der Waals surface area (Å²) in [5.41, 5.74) is 0.156. The molecule has 0 spiro atoms. The van der Waals surface area contributed by atoms with Crippen molar-refractivity contribution in [3.8, 4) is 0 Å². The Balaban J connectivity index is 1.89. The Labute approximate surface area is 170 Å². The Morgan fingerprint density at radius 1 is 0.778 bits per heavy atom. The fourth-order valence-corrected chi connectivity index (χ4v) is 4.00. The van der Waals surface area contributed by atoms with E-state index in [1.165, 1.54) is 103 Å². The van der Waals surface area contributed by atoms with Crippen molar-refractivity contribution in [2.24, 2.45) is 5.41 Å². The Kier molecular flexibility index (Phi) is 13.4. The summed E-state index contributed by atoms with van der Waals surface area (Å²) in [6.45, 7) is 10.7. The highest BCUT2D eigenvalue weighted by Crippen LogP contribution is 2.39. The van der Waals surface area contributed by atoms with E-state index in [0.717, 1.165) is 12.2 Å². The average molecular weight is 378 g/mol. The minimum atomic E-state index is 0.156. The monoisotopic (exact) mass is 377 g/mol. The van der Waals surface area contributed by atoms with Crippen LogP contribution in [-0.4, -0.2) is 0 Å². The molecule has 0 aliphatic carbocycles. The largest absolute Gasteiger partial charge is 0.444 e. The molecule has 27 heavy (non-hydrogen) atoms. The van der Waals surface area contributed by atoms with Crippen molar-refractivity contribution in [2.45, 2.75) is 130 Å². The normalized spacial score (nSPS) is 16.0. The molecule has 1 N–H and O–H groups in total. The van der Waals surface area contributed by atoms with Crippen molar-refractivity contribution in [1.29, 1.82) is 0 Å². The number of ether oxygens (including phenoxy) is 1. The van der Waals surface area contributed by atoms with Crippen LogP contribution < -0.4 is 5.32 Å². The summed E-state index contributed by atoms with van der Waals surface area (Å²) < 4.78 is 5.75. The van der Waals surface area contributed by atoms with Gasteiger partial charge in [0, 0.05) is 11.6 Å². The summed E-state index contributed by atoms with van der Waals surface area (Å²) in [5, 5.41) is 3.08. The zero-order chi connectivity index (χ0) is 19.8. The summed E-state index contributed by atoms with van der Waals surface area (Å²) in [4.78, 5) is 0. The van der Waals surface area contributed by atoms with E-state index in [2.05, 4.69) is 32.7 Å². The van der Waals surface area contributed by atoms with Crippen molar-refractivity contribution < 1.29 is 4.74 Å². The molecule has 1 aliphatic heterocycles. The van der Waals surface area contributed by atoms with Gasteiger partial charge in [-0.25, -0.2) is 0 Å². The molecule has 0 radical (unpaired) electrons. The van der Waals surface area contributed by atoms with E-state index in [1.54, 1.807) is 0 Å². The predicted molar refractivity (Wildman–Crippen MR) is 119 cm³/mol. The van der Waals surface area contributed by atoms with Crippen LogP contribution in [0.15, 0.2) is 24.4 Å². The quantitative estimate of drug-likeness (QED) is 0.241. The van der Waals surface area contributed by atoms with Gasteiger partial charge in [-0.3, -0.25) is 0 Å². The van der Waals surface area contributed by atoms with Gasteiger partial charge in [0.1, 0.15) is 5.76 Å². The fraction of sp³-hybridized carbons (Fsp3) is 0.840. The van der Waals surface area contributed by atoms with Crippen molar-refractivity contribution in [2.75, 3.05) is 0 Å². The topological polar surface area (TPSA) is 21.3 Å². The van der Waals surface area contributed by atoms with Crippen molar-refractivity contribution >= 4 is 0 Å². The number of nitrogens with one attached hydrogen (secondary N) is 1. The van der Waals surface area contributed by atoms with Crippen LogP contribution in [0, 0.1) is 5.41 Å². The molecule has 1 rings (SSSR count). The molecule has 0 bridgehead atoms. The molecule has 0 amide bonds. The molecule has 158 valence electrons. The summed E-state index contributed by atoms with van der Waals surface area (Å²) in [6.07, 6.45) is 25.6. The first-order valence-corrected chi connectivity index (χ1v) is 12.0. The lowest BCUT2D eigenvalue weighted by Gasteiger charge is -2.28. The lowest BCUT2D eigenvalue weighted by molar-refractivity contribution is 0.184. The molecule has 1 unspecified atom stereocenters. The maximum absolute atomic E-state index is 5.75. The Bertz CT molecular complexity index is 415. The summed E-state index contributed by atoms with van der Waals surface area (Å²) in [6, 6.07) is 0. The highest BCUT2D eigenvalue weighted by atomic mass is 16.5. The average Bonchev–Trinajstić information content (AvgIpc) is 3.11. The molecule has 2 nitrogen and oxygen atoms in total. The molecule has 0 aromatic rings. The van der Waals surface area contributed by atoms with Gasteiger partial charge >= 0.3 is 0 Å². The van der Waals surface area contributed by atoms with Crippen LogP contribution in [0.5, 0.6) is 0 Å². The number of hydrogen-bond donors (Lipinski definition) is 1. The van der Waals surface area contributed by atoms with Crippen LogP contribution in [0.1, 0.15) is 130 Å². The number of hydrogen-bond acceptors (Lipinski definition) is 2. The third-order valence-electron chi connectivity index (χ3n) is 6.30. The molecule has 0 aromatic carbocycles. The zero-order valence-corrected chi connectivity index (χ0v) is 18.7. The van der Waals surface area contributed by atoms with E-state index in [-0.39, 0.29) is 5.41 Å². The van der Waals surface area contributed by atoms with Gasteiger partial charge in [0.2, 0.25) is 0 Å². The van der Waals surface area contributed by atoms with Gasteiger partial charge in [-0.15, -0.1) is 0 Å². The van der Waals surface area contributed by atoms with E-state index in [4.69, 9.17) is 4.74 Å². The number of allylic oxidation sites excluding steroid dienone is 1. The van der Waals surface area contributed by atoms with Crippen molar-refractivity contribution in [3.05, 3.63) is 24.4 Å². The minimum Gasteiger partial charge on any atom is -0.444 e. The van der Waals surface area contributed by atoms with Crippen LogP contribution in [-0.2, 0) is 4.74 Å². The maximum Gasteiger partial charge on any atom is 0.189 e. The third kappa shape index (κ3) is 10.9. The van der Waals surface area contributed by atoms with E-state index < -0.39 is 0 Å². The van der Waals surface area contributed by atoms with Crippen LogP contribution in [0.2, 0.25) is 0 Å². The van der Waals surface area contributed by atoms with Crippen LogP contribution >= 0.6 is 0 Å². The van der Waals surface area contributed by atoms with Crippen LogP contribution in [0.3, 0.4) is 0 Å². The molecule has 1 heterocycles.